The normalized spacial score (nSPS) is 18.4. The van der Waals surface area contributed by atoms with Crippen LogP contribution in [-0.4, -0.2) is 29.8 Å². The Morgan fingerprint density at radius 1 is 1.04 bits per heavy atom. The van der Waals surface area contributed by atoms with E-state index in [0.717, 1.165) is 26.4 Å². The van der Waals surface area contributed by atoms with E-state index in [1.165, 1.54) is 6.08 Å². The van der Waals surface area contributed by atoms with E-state index in [-0.39, 0.29) is 13.0 Å². The topological polar surface area (TPSA) is 74.7 Å². The molecule has 6 heteroatoms. The highest BCUT2D eigenvalue weighted by atomic mass is 32.2. The molecule has 3 rings (SSSR count). The molecule has 1 atom stereocenters. The molecule has 0 spiro atoms. The van der Waals surface area contributed by atoms with Gasteiger partial charge in [0.2, 0.25) is 10.0 Å². The maximum atomic E-state index is 12.7. The number of fused-ring (bicyclic) bond motifs is 1. The molecule has 0 radical (unpaired) electrons. The van der Waals surface area contributed by atoms with Crippen LogP contribution in [0.4, 0.5) is 0 Å². The van der Waals surface area contributed by atoms with E-state index in [4.69, 9.17) is 0 Å². The standard InChI is InChI=1S/C18H17NO4S/c20-18(21)17-12-15-8-4-5-9-16(15)13-19(17)24(22,23)11-10-14-6-2-1-3-7-14/h1-11,17H,12-13H2,(H,20,21)/b11-10+/t17-/m0/s1. The zero-order valence-electron chi connectivity index (χ0n) is 12.9. The molecule has 0 bridgehead atoms. The molecule has 0 unspecified atom stereocenters. The molecule has 5 nitrogen and oxygen atoms in total. The molecule has 124 valence electrons. The first-order valence-corrected chi connectivity index (χ1v) is 9.02. The van der Waals surface area contributed by atoms with Gasteiger partial charge in [0.25, 0.3) is 0 Å². The number of rotatable bonds is 4. The van der Waals surface area contributed by atoms with Gasteiger partial charge in [0.1, 0.15) is 6.04 Å². The van der Waals surface area contributed by atoms with Gasteiger partial charge in [0, 0.05) is 18.4 Å². The smallest absolute Gasteiger partial charge is 0.322 e. The number of carboxylic acid groups (broad SMARTS) is 1. The average molecular weight is 343 g/mol. The lowest BCUT2D eigenvalue weighted by atomic mass is 9.96. The van der Waals surface area contributed by atoms with Crippen LogP contribution in [0, 0.1) is 0 Å². The number of benzene rings is 2. The van der Waals surface area contributed by atoms with E-state index < -0.39 is 22.0 Å². The first kappa shape index (κ1) is 16.4. The molecule has 2 aromatic rings. The van der Waals surface area contributed by atoms with Crippen LogP contribution in [0.1, 0.15) is 16.7 Å². The van der Waals surface area contributed by atoms with E-state index in [0.29, 0.717) is 0 Å². The lowest BCUT2D eigenvalue weighted by Gasteiger charge is -2.32. The molecule has 0 aliphatic carbocycles. The SMILES string of the molecule is O=C(O)[C@@H]1Cc2ccccc2CN1S(=O)(=O)/C=C/c1ccccc1. The molecule has 0 amide bonds. The third-order valence-corrected chi connectivity index (χ3v) is 5.57. The number of carbonyl (C=O) groups is 1. The second-order valence-corrected chi connectivity index (χ2v) is 7.40. The number of hydrogen-bond acceptors (Lipinski definition) is 3. The van der Waals surface area contributed by atoms with Gasteiger partial charge in [-0.05, 0) is 22.8 Å². The summed E-state index contributed by atoms with van der Waals surface area (Å²) < 4.78 is 26.4. The van der Waals surface area contributed by atoms with Crippen molar-refractivity contribution in [2.45, 2.75) is 19.0 Å². The molecule has 2 aromatic carbocycles. The monoisotopic (exact) mass is 343 g/mol. The Morgan fingerprint density at radius 3 is 2.33 bits per heavy atom. The Hall–Kier alpha value is -2.44. The highest BCUT2D eigenvalue weighted by Crippen LogP contribution is 2.26. The molecule has 0 saturated carbocycles. The van der Waals surface area contributed by atoms with Crippen LogP contribution in [-0.2, 0) is 27.8 Å². The van der Waals surface area contributed by atoms with Crippen molar-refractivity contribution in [2.75, 3.05) is 0 Å². The van der Waals surface area contributed by atoms with E-state index in [1.54, 1.807) is 12.1 Å². The number of aliphatic carboxylic acids is 1. The second-order valence-electron chi connectivity index (χ2n) is 5.63. The summed E-state index contributed by atoms with van der Waals surface area (Å²) in [5.74, 6) is -1.14. The van der Waals surface area contributed by atoms with Crippen LogP contribution in [0.15, 0.2) is 60.0 Å². The number of nitrogens with zero attached hydrogens (tertiary/aromatic N) is 1. The molecule has 1 N–H and O–H groups in total. The summed E-state index contributed by atoms with van der Waals surface area (Å²) in [7, 11) is -3.85. The van der Waals surface area contributed by atoms with Crippen LogP contribution < -0.4 is 0 Å². The van der Waals surface area contributed by atoms with Gasteiger partial charge in [-0.15, -0.1) is 0 Å². The van der Waals surface area contributed by atoms with E-state index in [1.807, 2.05) is 42.5 Å². The van der Waals surface area contributed by atoms with Crippen molar-refractivity contribution in [3.8, 4) is 0 Å². The molecule has 0 aromatic heterocycles. The minimum Gasteiger partial charge on any atom is -0.480 e. The van der Waals surface area contributed by atoms with Crippen LogP contribution in [0.5, 0.6) is 0 Å². The Labute approximate surface area is 140 Å². The zero-order chi connectivity index (χ0) is 17.2. The maximum absolute atomic E-state index is 12.7. The fourth-order valence-corrected chi connectivity index (χ4v) is 4.11. The summed E-state index contributed by atoms with van der Waals surface area (Å²) in [6, 6.07) is 15.3. The van der Waals surface area contributed by atoms with Gasteiger partial charge in [-0.25, -0.2) is 8.42 Å². The Kier molecular flexibility index (Phi) is 4.51. The second kappa shape index (κ2) is 6.59. The van der Waals surface area contributed by atoms with E-state index >= 15 is 0 Å². The molecule has 24 heavy (non-hydrogen) atoms. The highest BCUT2D eigenvalue weighted by molar-refractivity contribution is 7.92. The number of sulfonamides is 1. The average Bonchev–Trinajstić information content (AvgIpc) is 2.60. The summed E-state index contributed by atoms with van der Waals surface area (Å²) in [6.45, 7) is 0.0641. The first-order chi connectivity index (χ1) is 11.5. The minimum absolute atomic E-state index is 0.0641. The molecular weight excluding hydrogens is 326 g/mol. The van der Waals surface area contributed by atoms with E-state index in [9.17, 15) is 18.3 Å². The number of carboxylic acids is 1. The van der Waals surface area contributed by atoms with Gasteiger partial charge in [-0.2, -0.15) is 4.31 Å². The maximum Gasteiger partial charge on any atom is 0.322 e. The minimum atomic E-state index is -3.85. The fraction of sp³-hybridized carbons (Fsp3) is 0.167. The van der Waals surface area contributed by atoms with Gasteiger partial charge in [-0.3, -0.25) is 4.79 Å². The van der Waals surface area contributed by atoms with Crippen molar-refractivity contribution < 1.29 is 18.3 Å². The summed E-state index contributed by atoms with van der Waals surface area (Å²) in [4.78, 5) is 11.6. The van der Waals surface area contributed by atoms with Crippen LogP contribution in [0.2, 0.25) is 0 Å². The van der Waals surface area contributed by atoms with E-state index in [2.05, 4.69) is 0 Å². The molecule has 1 aliphatic rings. The van der Waals surface area contributed by atoms with Crippen molar-refractivity contribution >= 4 is 22.1 Å². The molecular formula is C18H17NO4S. The Balaban J connectivity index is 1.93. The van der Waals surface area contributed by atoms with Gasteiger partial charge < -0.3 is 5.11 Å². The molecule has 0 saturated heterocycles. The van der Waals surface area contributed by atoms with Gasteiger partial charge in [0.05, 0.1) is 0 Å². The Bertz CT molecular complexity index is 875. The summed E-state index contributed by atoms with van der Waals surface area (Å²) in [6.07, 6.45) is 1.65. The summed E-state index contributed by atoms with van der Waals surface area (Å²) in [5.41, 5.74) is 2.46. The third kappa shape index (κ3) is 3.39. The summed E-state index contributed by atoms with van der Waals surface area (Å²) in [5, 5.41) is 10.5. The predicted molar refractivity (Wildman–Crippen MR) is 91.5 cm³/mol. The lowest BCUT2D eigenvalue weighted by Crippen LogP contribution is -2.47. The van der Waals surface area contributed by atoms with Crippen molar-refractivity contribution in [1.82, 2.24) is 4.31 Å². The lowest BCUT2D eigenvalue weighted by molar-refractivity contribution is -0.141. The van der Waals surface area contributed by atoms with Gasteiger partial charge in [0.15, 0.2) is 0 Å². The zero-order valence-corrected chi connectivity index (χ0v) is 13.7. The van der Waals surface area contributed by atoms with Crippen molar-refractivity contribution in [2.24, 2.45) is 0 Å². The van der Waals surface area contributed by atoms with Crippen LogP contribution in [0.3, 0.4) is 0 Å². The Morgan fingerprint density at radius 2 is 1.67 bits per heavy atom. The quantitative estimate of drug-likeness (QED) is 0.925. The van der Waals surface area contributed by atoms with Crippen molar-refractivity contribution in [3.05, 3.63) is 76.7 Å². The molecule has 1 heterocycles. The molecule has 0 fully saturated rings. The highest BCUT2D eigenvalue weighted by Gasteiger charge is 2.37. The first-order valence-electron chi connectivity index (χ1n) is 7.52. The fourth-order valence-electron chi connectivity index (χ4n) is 2.78. The molecule has 1 aliphatic heterocycles. The van der Waals surface area contributed by atoms with Crippen LogP contribution >= 0.6 is 0 Å². The summed E-state index contributed by atoms with van der Waals surface area (Å²) >= 11 is 0. The number of hydrogen-bond donors (Lipinski definition) is 1. The third-order valence-electron chi connectivity index (χ3n) is 4.05. The van der Waals surface area contributed by atoms with Crippen molar-refractivity contribution in [3.63, 3.8) is 0 Å². The largest absolute Gasteiger partial charge is 0.480 e. The van der Waals surface area contributed by atoms with Gasteiger partial charge in [-0.1, -0.05) is 54.6 Å². The predicted octanol–water partition coefficient (Wildman–Crippen LogP) is 2.50. The van der Waals surface area contributed by atoms with Gasteiger partial charge >= 0.3 is 5.97 Å². The van der Waals surface area contributed by atoms with Crippen molar-refractivity contribution in [1.29, 1.82) is 0 Å². The van der Waals surface area contributed by atoms with Crippen LogP contribution in [0.25, 0.3) is 6.08 Å².